The van der Waals surface area contributed by atoms with Gasteiger partial charge in [-0.05, 0) is 43.9 Å². The van der Waals surface area contributed by atoms with Gasteiger partial charge in [0.1, 0.15) is 0 Å². The number of aryl methyl sites for hydroxylation is 2. The topological polar surface area (TPSA) is 101 Å². The van der Waals surface area contributed by atoms with E-state index < -0.39 is 26.5 Å². The molecule has 0 aliphatic heterocycles. The van der Waals surface area contributed by atoms with E-state index in [1.54, 1.807) is 19.1 Å². The van der Waals surface area contributed by atoms with Gasteiger partial charge in [0, 0.05) is 12.3 Å². The quantitative estimate of drug-likeness (QED) is 0.651. The Morgan fingerprint density at radius 1 is 1.23 bits per heavy atom. The Balaban J connectivity index is 2.21. The minimum Gasteiger partial charge on any atom is -0.481 e. The van der Waals surface area contributed by atoms with Gasteiger partial charge >= 0.3 is 5.97 Å². The third-order valence-electron chi connectivity index (χ3n) is 4.73. The van der Waals surface area contributed by atoms with Crippen LogP contribution in [0.2, 0.25) is 0 Å². The molecule has 6 nitrogen and oxygen atoms in total. The zero-order chi connectivity index (χ0) is 19.4. The van der Waals surface area contributed by atoms with Gasteiger partial charge in [0.05, 0.1) is 10.6 Å². The van der Waals surface area contributed by atoms with Crippen LogP contribution in [0.4, 0.5) is 0 Å². The van der Waals surface area contributed by atoms with Gasteiger partial charge in [-0.2, -0.15) is 0 Å². The fraction of sp³-hybridized carbons (Fsp3) is 0.556. The summed E-state index contributed by atoms with van der Waals surface area (Å²) in [5, 5.41) is 11.3. The molecule has 1 fully saturated rings. The number of sulfone groups is 1. The van der Waals surface area contributed by atoms with E-state index in [1.165, 1.54) is 11.8 Å². The van der Waals surface area contributed by atoms with Crippen molar-refractivity contribution in [2.75, 3.05) is 18.1 Å². The Morgan fingerprint density at radius 2 is 1.88 bits per heavy atom. The van der Waals surface area contributed by atoms with Crippen molar-refractivity contribution in [1.29, 1.82) is 0 Å². The minimum absolute atomic E-state index is 0.0399. The zero-order valence-corrected chi connectivity index (χ0v) is 16.7. The third kappa shape index (κ3) is 4.23. The maximum Gasteiger partial charge on any atom is 0.313 e. The first kappa shape index (κ1) is 20.8. The van der Waals surface area contributed by atoms with Gasteiger partial charge in [-0.3, -0.25) is 9.59 Å². The predicted molar refractivity (Wildman–Crippen MR) is 102 cm³/mol. The fourth-order valence-electron chi connectivity index (χ4n) is 3.33. The third-order valence-corrected chi connectivity index (χ3v) is 8.32. The maximum atomic E-state index is 13.4. The number of thioether (sulfide) groups is 1. The van der Waals surface area contributed by atoms with Crippen molar-refractivity contribution >= 4 is 33.5 Å². The van der Waals surface area contributed by atoms with Gasteiger partial charge in [0.15, 0.2) is 14.6 Å². The van der Waals surface area contributed by atoms with E-state index in [-0.39, 0.29) is 17.2 Å². The lowest BCUT2D eigenvalue weighted by molar-refractivity contribution is -0.133. The van der Waals surface area contributed by atoms with Gasteiger partial charge < -0.3 is 10.4 Å². The van der Waals surface area contributed by atoms with Crippen LogP contribution in [0.1, 0.15) is 36.8 Å². The number of carbonyl (C=O) groups is 2. The van der Waals surface area contributed by atoms with Crippen LogP contribution < -0.4 is 5.32 Å². The van der Waals surface area contributed by atoms with E-state index in [2.05, 4.69) is 5.32 Å². The molecule has 1 amide bonds. The molecule has 0 bridgehead atoms. The molecule has 1 aliphatic carbocycles. The summed E-state index contributed by atoms with van der Waals surface area (Å²) in [6.07, 6.45) is 2.03. The van der Waals surface area contributed by atoms with Crippen molar-refractivity contribution < 1.29 is 23.1 Å². The summed E-state index contributed by atoms with van der Waals surface area (Å²) in [4.78, 5) is 23.6. The number of amides is 1. The monoisotopic (exact) mass is 399 g/mol. The Bertz CT molecular complexity index is 783. The van der Waals surface area contributed by atoms with E-state index in [0.29, 0.717) is 37.0 Å². The van der Waals surface area contributed by atoms with Crippen LogP contribution in [0.5, 0.6) is 0 Å². The summed E-state index contributed by atoms with van der Waals surface area (Å²) in [5.74, 6) is -0.989. The molecular weight excluding hydrogens is 374 g/mol. The SMILES string of the molecule is Cc1ccc(C)c(S(=O)(=O)C2(C(=O)NCCSCC(=O)O)CCCC2)c1. The van der Waals surface area contributed by atoms with Crippen molar-refractivity contribution in [1.82, 2.24) is 5.32 Å². The molecule has 8 heteroatoms. The number of carbonyl (C=O) groups excluding carboxylic acids is 1. The van der Waals surface area contributed by atoms with Crippen molar-refractivity contribution in [3.63, 3.8) is 0 Å². The normalized spacial score (nSPS) is 16.4. The molecule has 2 N–H and O–H groups in total. The molecule has 1 saturated carbocycles. The van der Waals surface area contributed by atoms with Crippen LogP contribution in [0.25, 0.3) is 0 Å². The molecule has 144 valence electrons. The molecule has 1 aromatic rings. The summed E-state index contributed by atoms with van der Waals surface area (Å²) in [5.41, 5.74) is 1.49. The minimum atomic E-state index is -3.82. The highest BCUT2D eigenvalue weighted by molar-refractivity contribution is 7.99. The number of benzene rings is 1. The van der Waals surface area contributed by atoms with Crippen molar-refractivity contribution in [3.8, 4) is 0 Å². The molecule has 0 unspecified atom stereocenters. The van der Waals surface area contributed by atoms with Crippen LogP contribution in [0.15, 0.2) is 23.1 Å². The second-order valence-corrected chi connectivity index (χ2v) is 10.0. The summed E-state index contributed by atoms with van der Waals surface area (Å²) in [7, 11) is -3.82. The molecule has 0 radical (unpaired) electrons. The van der Waals surface area contributed by atoms with Crippen LogP contribution in [0.3, 0.4) is 0 Å². The Hall–Kier alpha value is -1.54. The number of hydrogen-bond donors (Lipinski definition) is 2. The zero-order valence-electron chi connectivity index (χ0n) is 15.1. The molecule has 0 atom stereocenters. The molecule has 0 aromatic heterocycles. The van der Waals surface area contributed by atoms with Crippen LogP contribution >= 0.6 is 11.8 Å². The average molecular weight is 400 g/mol. The van der Waals surface area contributed by atoms with E-state index in [0.717, 1.165) is 5.56 Å². The Labute approximate surface area is 158 Å². The highest BCUT2D eigenvalue weighted by atomic mass is 32.2. The first-order chi connectivity index (χ1) is 12.2. The first-order valence-corrected chi connectivity index (χ1v) is 11.2. The number of carboxylic acid groups (broad SMARTS) is 1. The second-order valence-electron chi connectivity index (χ2n) is 6.68. The van der Waals surface area contributed by atoms with Crippen LogP contribution in [-0.4, -0.2) is 48.2 Å². The van der Waals surface area contributed by atoms with Crippen molar-refractivity contribution in [3.05, 3.63) is 29.3 Å². The van der Waals surface area contributed by atoms with E-state index in [1.807, 2.05) is 13.0 Å². The van der Waals surface area contributed by atoms with Crippen molar-refractivity contribution in [2.24, 2.45) is 0 Å². The van der Waals surface area contributed by atoms with Crippen molar-refractivity contribution in [2.45, 2.75) is 49.2 Å². The molecule has 26 heavy (non-hydrogen) atoms. The van der Waals surface area contributed by atoms with E-state index in [4.69, 9.17) is 5.11 Å². The lowest BCUT2D eigenvalue weighted by Crippen LogP contribution is -2.51. The summed E-state index contributed by atoms with van der Waals surface area (Å²) >= 11 is 1.19. The highest BCUT2D eigenvalue weighted by Gasteiger charge is 2.53. The summed E-state index contributed by atoms with van der Waals surface area (Å²) < 4.78 is 25.4. The largest absolute Gasteiger partial charge is 0.481 e. The molecule has 0 heterocycles. The second kappa shape index (κ2) is 8.43. The first-order valence-electron chi connectivity index (χ1n) is 8.60. The summed E-state index contributed by atoms with van der Waals surface area (Å²) in [6.45, 7) is 3.83. The number of rotatable bonds is 8. The standard InChI is InChI=1S/C18H25NO5S2/c1-13-5-6-14(2)15(11-13)26(23,24)18(7-3-4-8-18)17(22)19-9-10-25-12-16(20)21/h5-6,11H,3-4,7-10,12H2,1-2H3,(H,19,22)(H,20,21). The number of nitrogens with one attached hydrogen (secondary N) is 1. The maximum absolute atomic E-state index is 13.4. The Kier molecular flexibility index (Phi) is 6.74. The molecule has 2 rings (SSSR count). The summed E-state index contributed by atoms with van der Waals surface area (Å²) in [6, 6.07) is 5.27. The number of aliphatic carboxylic acids is 1. The number of carboxylic acids is 1. The highest BCUT2D eigenvalue weighted by Crippen LogP contribution is 2.41. The fourth-order valence-corrected chi connectivity index (χ4v) is 6.29. The molecule has 1 aliphatic rings. The average Bonchev–Trinajstić information content (AvgIpc) is 3.08. The Morgan fingerprint density at radius 3 is 2.50 bits per heavy atom. The number of hydrogen-bond acceptors (Lipinski definition) is 5. The lowest BCUT2D eigenvalue weighted by atomic mass is 10.1. The molecule has 0 saturated heterocycles. The van der Waals surface area contributed by atoms with Gasteiger partial charge in [0.2, 0.25) is 5.91 Å². The van der Waals surface area contributed by atoms with Gasteiger partial charge in [0.25, 0.3) is 0 Å². The smallest absolute Gasteiger partial charge is 0.313 e. The van der Waals surface area contributed by atoms with Gasteiger partial charge in [-0.1, -0.05) is 25.0 Å². The van der Waals surface area contributed by atoms with Gasteiger partial charge in [-0.25, -0.2) is 8.42 Å². The van der Waals surface area contributed by atoms with E-state index in [9.17, 15) is 18.0 Å². The lowest BCUT2D eigenvalue weighted by Gasteiger charge is -2.28. The molecule has 0 spiro atoms. The molecule has 1 aromatic carbocycles. The van der Waals surface area contributed by atoms with Crippen LogP contribution in [0, 0.1) is 13.8 Å². The van der Waals surface area contributed by atoms with Gasteiger partial charge in [-0.15, -0.1) is 11.8 Å². The molecular formula is C18H25NO5S2. The predicted octanol–water partition coefficient (Wildman–Crippen LogP) is 2.32. The van der Waals surface area contributed by atoms with E-state index >= 15 is 0 Å². The van der Waals surface area contributed by atoms with Crippen LogP contribution in [-0.2, 0) is 19.4 Å².